The Labute approximate surface area is 171 Å². The van der Waals surface area contributed by atoms with Gasteiger partial charge in [0, 0.05) is 24.8 Å². The van der Waals surface area contributed by atoms with E-state index in [4.69, 9.17) is 11.6 Å². The lowest BCUT2D eigenvalue weighted by Gasteiger charge is -2.30. The van der Waals surface area contributed by atoms with Crippen LogP contribution in [0.15, 0.2) is 47.5 Å². The van der Waals surface area contributed by atoms with Crippen molar-refractivity contribution in [1.82, 2.24) is 14.6 Å². The van der Waals surface area contributed by atoms with Crippen LogP contribution < -0.4 is 5.32 Å². The smallest absolute Gasteiger partial charge is 0.251 e. The fraction of sp³-hybridized carbons (Fsp3) is 0.400. The quantitative estimate of drug-likeness (QED) is 0.799. The van der Waals surface area contributed by atoms with E-state index >= 15 is 0 Å². The number of nitrogens with one attached hydrogen (secondary N) is 1. The monoisotopic (exact) mass is 421 g/mol. The lowest BCUT2D eigenvalue weighted by Crippen LogP contribution is -2.39. The molecule has 0 spiro atoms. The summed E-state index contributed by atoms with van der Waals surface area (Å²) >= 11 is 6.20. The Hall–Kier alpha value is -1.96. The standard InChI is InChI=1S/C20H24ClN3O3S/c1-14-6-5-11-24(13-14)28(26,27)19-12-16(8-9-17(19)21)20(25)23-15(2)18-7-3-4-10-22-18/h3-4,7-10,12,14-15H,5-6,11,13H2,1-2H3,(H,23,25)/t14-,15+/m0/s1. The molecule has 2 atom stereocenters. The number of sulfonamides is 1. The van der Waals surface area contributed by atoms with Crippen LogP contribution >= 0.6 is 11.6 Å². The van der Waals surface area contributed by atoms with Crippen molar-refractivity contribution < 1.29 is 13.2 Å². The topological polar surface area (TPSA) is 79.4 Å². The predicted octanol–water partition coefficient (Wildman–Crippen LogP) is 3.65. The van der Waals surface area contributed by atoms with Crippen LogP contribution in [0.25, 0.3) is 0 Å². The van der Waals surface area contributed by atoms with E-state index < -0.39 is 10.0 Å². The first-order valence-electron chi connectivity index (χ1n) is 9.30. The van der Waals surface area contributed by atoms with Gasteiger partial charge in [0.05, 0.1) is 16.8 Å². The highest BCUT2D eigenvalue weighted by Gasteiger charge is 2.31. The second-order valence-corrected chi connectivity index (χ2v) is 9.52. The average molecular weight is 422 g/mol. The molecule has 1 aromatic heterocycles. The van der Waals surface area contributed by atoms with Crippen LogP contribution in [-0.2, 0) is 10.0 Å². The highest BCUT2D eigenvalue weighted by molar-refractivity contribution is 7.89. The molecule has 8 heteroatoms. The molecule has 1 aromatic carbocycles. The SMILES string of the molecule is C[C@H]1CCCN(S(=O)(=O)c2cc(C(=O)N[C@H](C)c3ccccn3)ccc2Cl)C1. The van der Waals surface area contributed by atoms with E-state index in [9.17, 15) is 13.2 Å². The number of piperidine rings is 1. The van der Waals surface area contributed by atoms with Crippen molar-refractivity contribution in [2.24, 2.45) is 5.92 Å². The molecule has 0 bridgehead atoms. The highest BCUT2D eigenvalue weighted by atomic mass is 35.5. The van der Waals surface area contributed by atoms with E-state index in [-0.39, 0.29) is 27.4 Å². The molecule has 6 nitrogen and oxygen atoms in total. The lowest BCUT2D eigenvalue weighted by molar-refractivity contribution is 0.0939. The third-order valence-corrected chi connectivity index (χ3v) is 7.26. The molecule has 28 heavy (non-hydrogen) atoms. The largest absolute Gasteiger partial charge is 0.344 e. The second kappa shape index (κ2) is 8.59. The van der Waals surface area contributed by atoms with Crippen molar-refractivity contribution in [3.05, 3.63) is 58.9 Å². The molecule has 0 saturated carbocycles. The summed E-state index contributed by atoms with van der Waals surface area (Å²) in [6.45, 7) is 4.79. The van der Waals surface area contributed by atoms with E-state index in [2.05, 4.69) is 10.3 Å². The Morgan fingerprint density at radius 1 is 1.32 bits per heavy atom. The molecular weight excluding hydrogens is 398 g/mol. The Balaban J connectivity index is 1.83. The number of nitrogens with zero attached hydrogens (tertiary/aromatic N) is 2. The summed E-state index contributed by atoms with van der Waals surface area (Å²) in [5.41, 5.74) is 0.968. The number of pyridine rings is 1. The maximum absolute atomic E-state index is 13.1. The number of hydrogen-bond donors (Lipinski definition) is 1. The van der Waals surface area contributed by atoms with Gasteiger partial charge in [-0.05, 0) is 56.0 Å². The van der Waals surface area contributed by atoms with E-state index in [0.717, 1.165) is 18.5 Å². The normalized spacial score (nSPS) is 19.2. The Morgan fingerprint density at radius 2 is 2.11 bits per heavy atom. The molecule has 0 radical (unpaired) electrons. The number of hydrogen-bond acceptors (Lipinski definition) is 4. The van der Waals surface area contributed by atoms with Crippen molar-refractivity contribution in [3.8, 4) is 0 Å². The number of carbonyl (C=O) groups excluding carboxylic acids is 1. The Kier molecular flexibility index (Phi) is 6.37. The third-order valence-electron chi connectivity index (χ3n) is 4.91. The third kappa shape index (κ3) is 4.54. The number of amides is 1. The molecule has 1 N–H and O–H groups in total. The van der Waals surface area contributed by atoms with Crippen molar-refractivity contribution in [2.45, 2.75) is 37.6 Å². The predicted molar refractivity (Wildman–Crippen MR) is 109 cm³/mol. The summed E-state index contributed by atoms with van der Waals surface area (Å²) in [6, 6.07) is 9.50. The first-order chi connectivity index (χ1) is 13.3. The first-order valence-corrected chi connectivity index (χ1v) is 11.1. The maximum Gasteiger partial charge on any atom is 0.251 e. The molecule has 0 unspecified atom stereocenters. The van der Waals surface area contributed by atoms with Crippen LogP contribution in [0.2, 0.25) is 5.02 Å². The van der Waals surface area contributed by atoms with Crippen LogP contribution in [-0.4, -0.2) is 36.7 Å². The summed E-state index contributed by atoms with van der Waals surface area (Å²) in [7, 11) is -3.75. The maximum atomic E-state index is 13.1. The Bertz CT molecular complexity index is 950. The first kappa shape index (κ1) is 20.8. The number of rotatable bonds is 5. The van der Waals surface area contributed by atoms with E-state index in [1.165, 1.54) is 22.5 Å². The van der Waals surface area contributed by atoms with E-state index in [1.807, 2.05) is 26.0 Å². The van der Waals surface area contributed by atoms with Gasteiger partial charge in [-0.25, -0.2) is 8.42 Å². The molecule has 1 aliphatic rings. The molecule has 3 rings (SSSR count). The molecule has 2 aromatic rings. The van der Waals surface area contributed by atoms with Crippen molar-refractivity contribution >= 4 is 27.5 Å². The van der Waals surface area contributed by atoms with Crippen LogP contribution in [0.3, 0.4) is 0 Å². The van der Waals surface area contributed by atoms with E-state index in [1.54, 1.807) is 12.3 Å². The van der Waals surface area contributed by atoms with Gasteiger partial charge in [0.25, 0.3) is 5.91 Å². The molecule has 2 heterocycles. The van der Waals surface area contributed by atoms with Crippen LogP contribution in [0.1, 0.15) is 48.8 Å². The second-order valence-electron chi connectivity index (χ2n) is 7.21. The minimum Gasteiger partial charge on any atom is -0.344 e. The molecule has 1 fully saturated rings. The van der Waals surface area contributed by atoms with Gasteiger partial charge < -0.3 is 5.32 Å². The van der Waals surface area contributed by atoms with Gasteiger partial charge in [-0.2, -0.15) is 4.31 Å². The summed E-state index contributed by atoms with van der Waals surface area (Å²) in [6.07, 6.45) is 3.48. The zero-order chi connectivity index (χ0) is 20.3. The number of halogens is 1. The molecule has 0 aliphatic carbocycles. The molecular formula is C20H24ClN3O3S. The van der Waals surface area contributed by atoms with Gasteiger partial charge in [0.2, 0.25) is 10.0 Å². The van der Waals surface area contributed by atoms with Crippen LogP contribution in [0, 0.1) is 5.92 Å². The van der Waals surface area contributed by atoms with E-state index in [0.29, 0.717) is 19.0 Å². The van der Waals surface area contributed by atoms with Crippen molar-refractivity contribution in [2.75, 3.05) is 13.1 Å². The Morgan fingerprint density at radius 3 is 2.79 bits per heavy atom. The van der Waals surface area contributed by atoms with Gasteiger partial charge in [0.1, 0.15) is 4.90 Å². The highest BCUT2D eigenvalue weighted by Crippen LogP contribution is 2.29. The van der Waals surface area contributed by atoms with Crippen LogP contribution in [0.4, 0.5) is 0 Å². The van der Waals surface area contributed by atoms with Gasteiger partial charge in [0.15, 0.2) is 0 Å². The lowest BCUT2D eigenvalue weighted by atomic mass is 10.0. The fourth-order valence-corrected chi connectivity index (χ4v) is 5.43. The van der Waals surface area contributed by atoms with Gasteiger partial charge >= 0.3 is 0 Å². The molecule has 1 saturated heterocycles. The minimum absolute atomic E-state index is 0.0265. The number of benzene rings is 1. The van der Waals surface area contributed by atoms with Gasteiger partial charge in [-0.15, -0.1) is 0 Å². The van der Waals surface area contributed by atoms with Crippen LogP contribution in [0.5, 0.6) is 0 Å². The number of aromatic nitrogens is 1. The van der Waals surface area contributed by atoms with Crippen molar-refractivity contribution in [3.63, 3.8) is 0 Å². The summed E-state index contributed by atoms with van der Waals surface area (Å²) in [5, 5.41) is 2.96. The zero-order valence-electron chi connectivity index (χ0n) is 15.9. The molecule has 150 valence electrons. The zero-order valence-corrected chi connectivity index (χ0v) is 17.5. The van der Waals surface area contributed by atoms with Gasteiger partial charge in [-0.1, -0.05) is 24.6 Å². The summed E-state index contributed by atoms with van der Waals surface area (Å²) in [4.78, 5) is 16.9. The molecule has 1 amide bonds. The summed E-state index contributed by atoms with van der Waals surface area (Å²) < 4.78 is 27.6. The fourth-order valence-electron chi connectivity index (χ4n) is 3.33. The average Bonchev–Trinajstić information content (AvgIpc) is 2.68. The minimum atomic E-state index is -3.75. The van der Waals surface area contributed by atoms with Crippen molar-refractivity contribution in [1.29, 1.82) is 0 Å². The molecule has 1 aliphatic heterocycles. The van der Waals surface area contributed by atoms with Gasteiger partial charge in [-0.3, -0.25) is 9.78 Å². The summed E-state index contributed by atoms with van der Waals surface area (Å²) in [5.74, 6) is -0.0775. The number of carbonyl (C=O) groups is 1.